The van der Waals surface area contributed by atoms with E-state index in [1.807, 2.05) is 83.3 Å². The van der Waals surface area contributed by atoms with Gasteiger partial charge in [0.1, 0.15) is 0 Å². The third kappa shape index (κ3) is 4.90. The van der Waals surface area contributed by atoms with E-state index in [4.69, 9.17) is 15.0 Å². The fourth-order valence-corrected chi connectivity index (χ4v) is 9.38. The smallest absolute Gasteiger partial charge is 0.164 e. The van der Waals surface area contributed by atoms with Crippen LogP contribution < -0.4 is 0 Å². The first kappa shape index (κ1) is 29.0. The van der Waals surface area contributed by atoms with E-state index in [-0.39, 0.29) is 0 Å². The molecule has 3 aromatic heterocycles. The molecule has 0 aliphatic carbocycles. The maximum atomic E-state index is 4.97. The Bertz CT molecular complexity index is 2800. The van der Waals surface area contributed by atoms with Gasteiger partial charge in [0.25, 0.3) is 0 Å². The molecule has 0 saturated heterocycles. The first-order valence-corrected chi connectivity index (χ1v) is 18.2. The van der Waals surface area contributed by atoms with Gasteiger partial charge in [0.05, 0.1) is 0 Å². The van der Waals surface area contributed by atoms with Crippen LogP contribution in [0.1, 0.15) is 0 Å². The number of fused-ring (bicyclic) bond motifs is 6. The molecule has 0 bridgehead atoms. The fraction of sp³-hybridized carbons (Fsp3) is 0. The molecule has 0 aliphatic heterocycles. The Morgan fingerprint density at radius 2 is 0.820 bits per heavy atom. The van der Waals surface area contributed by atoms with Crippen LogP contribution in [0.15, 0.2) is 164 Å². The Morgan fingerprint density at radius 1 is 0.320 bits per heavy atom. The van der Waals surface area contributed by atoms with Gasteiger partial charge in [-0.3, -0.25) is 0 Å². The van der Waals surface area contributed by atoms with Crippen LogP contribution in [0, 0.1) is 0 Å². The van der Waals surface area contributed by atoms with Crippen molar-refractivity contribution < 1.29 is 0 Å². The van der Waals surface area contributed by atoms with Gasteiger partial charge >= 0.3 is 0 Å². The summed E-state index contributed by atoms with van der Waals surface area (Å²) in [5.74, 6) is 2.00. The van der Waals surface area contributed by atoms with Crippen LogP contribution in [0.3, 0.4) is 0 Å². The van der Waals surface area contributed by atoms with Gasteiger partial charge in [-0.15, -0.1) is 22.7 Å². The number of hydrogen-bond donors (Lipinski definition) is 0. The van der Waals surface area contributed by atoms with Crippen LogP contribution in [-0.2, 0) is 0 Å². The third-order valence-electron chi connectivity index (χ3n) is 9.35. The lowest BCUT2D eigenvalue weighted by atomic mass is 9.94. The second kappa shape index (κ2) is 11.8. The van der Waals surface area contributed by atoms with Gasteiger partial charge in [-0.2, -0.15) is 0 Å². The zero-order valence-corrected chi connectivity index (χ0v) is 28.4. The predicted octanol–water partition coefficient (Wildman–Crippen LogP) is 12.9. The van der Waals surface area contributed by atoms with Gasteiger partial charge in [0, 0.05) is 57.0 Å². The molecule has 234 valence electrons. The highest BCUT2D eigenvalue weighted by molar-refractivity contribution is 7.26. The summed E-state index contributed by atoms with van der Waals surface area (Å²) in [7, 11) is 0. The predicted molar refractivity (Wildman–Crippen MR) is 213 cm³/mol. The Labute approximate surface area is 296 Å². The van der Waals surface area contributed by atoms with Crippen molar-refractivity contribution >= 4 is 63.0 Å². The molecule has 0 aliphatic rings. The highest BCUT2D eigenvalue weighted by Crippen LogP contribution is 2.46. The van der Waals surface area contributed by atoms with E-state index in [1.165, 1.54) is 62.6 Å². The van der Waals surface area contributed by atoms with Crippen molar-refractivity contribution in [3.05, 3.63) is 164 Å². The molecule has 7 aromatic carbocycles. The molecule has 0 spiro atoms. The van der Waals surface area contributed by atoms with Gasteiger partial charge in [-0.1, -0.05) is 146 Å². The lowest BCUT2D eigenvalue weighted by Gasteiger charge is -2.10. The fourth-order valence-electron chi connectivity index (χ4n) is 6.94. The van der Waals surface area contributed by atoms with Crippen molar-refractivity contribution in [2.45, 2.75) is 0 Å². The van der Waals surface area contributed by atoms with Crippen LogP contribution in [-0.4, -0.2) is 15.0 Å². The van der Waals surface area contributed by atoms with Crippen molar-refractivity contribution in [1.29, 1.82) is 0 Å². The molecule has 0 fully saturated rings. The van der Waals surface area contributed by atoms with E-state index in [1.54, 1.807) is 0 Å². The largest absolute Gasteiger partial charge is 0.208 e. The number of nitrogens with zero attached hydrogens (tertiary/aromatic N) is 3. The van der Waals surface area contributed by atoms with Crippen molar-refractivity contribution in [2.75, 3.05) is 0 Å². The van der Waals surface area contributed by atoms with Crippen molar-refractivity contribution in [3.8, 4) is 56.4 Å². The van der Waals surface area contributed by atoms with Crippen molar-refractivity contribution in [1.82, 2.24) is 15.0 Å². The van der Waals surface area contributed by atoms with Crippen LogP contribution in [0.5, 0.6) is 0 Å². The molecular formula is C45H27N3S2. The highest BCUT2D eigenvalue weighted by Gasteiger charge is 2.18. The molecule has 5 heteroatoms. The standard InChI is InChI=1S/C45H27N3S2/c1-4-12-28(13-5-1)34-25-24-33(41-37-18-10-11-19-38(37)50-42(34)41)31-20-22-35-36-23-21-32(27-40(36)49-39(35)26-31)45-47-43(29-14-6-2-7-15-29)46-44(48-45)30-16-8-3-9-17-30/h1-27H. The summed E-state index contributed by atoms with van der Waals surface area (Å²) in [4.78, 5) is 14.8. The van der Waals surface area contributed by atoms with Crippen LogP contribution >= 0.6 is 22.7 Å². The summed E-state index contributed by atoms with van der Waals surface area (Å²) in [6, 6.07) is 57.9. The third-order valence-corrected chi connectivity index (χ3v) is 11.7. The summed E-state index contributed by atoms with van der Waals surface area (Å²) < 4.78 is 5.12. The average molecular weight is 674 g/mol. The van der Waals surface area contributed by atoms with E-state index in [0.717, 1.165) is 16.7 Å². The van der Waals surface area contributed by atoms with E-state index in [9.17, 15) is 0 Å². The zero-order valence-electron chi connectivity index (χ0n) is 26.7. The van der Waals surface area contributed by atoms with Gasteiger partial charge in [-0.25, -0.2) is 15.0 Å². The minimum atomic E-state index is 0.668. The topological polar surface area (TPSA) is 38.7 Å². The van der Waals surface area contributed by atoms with Gasteiger partial charge in [0.15, 0.2) is 17.5 Å². The minimum absolute atomic E-state index is 0.668. The van der Waals surface area contributed by atoms with E-state index in [0.29, 0.717) is 17.5 Å². The van der Waals surface area contributed by atoms with Crippen LogP contribution in [0.4, 0.5) is 0 Å². The molecule has 0 radical (unpaired) electrons. The molecule has 3 heterocycles. The summed E-state index contributed by atoms with van der Waals surface area (Å²) in [5.41, 5.74) is 7.94. The Morgan fingerprint density at radius 3 is 1.46 bits per heavy atom. The minimum Gasteiger partial charge on any atom is -0.208 e. The number of rotatable bonds is 5. The molecule has 50 heavy (non-hydrogen) atoms. The first-order valence-electron chi connectivity index (χ1n) is 16.6. The lowest BCUT2D eigenvalue weighted by Crippen LogP contribution is -1.99. The molecule has 0 amide bonds. The molecule has 10 aromatic rings. The van der Waals surface area contributed by atoms with Gasteiger partial charge in [-0.05, 0) is 40.5 Å². The van der Waals surface area contributed by atoms with Crippen molar-refractivity contribution in [3.63, 3.8) is 0 Å². The molecule has 10 rings (SSSR count). The van der Waals surface area contributed by atoms with Gasteiger partial charge < -0.3 is 0 Å². The lowest BCUT2D eigenvalue weighted by molar-refractivity contribution is 1.07. The van der Waals surface area contributed by atoms with E-state index >= 15 is 0 Å². The maximum Gasteiger partial charge on any atom is 0.164 e. The normalized spacial score (nSPS) is 11.6. The summed E-state index contributed by atoms with van der Waals surface area (Å²) in [5, 5.41) is 5.14. The number of thiophene rings is 2. The Hall–Kier alpha value is -6.01. The van der Waals surface area contributed by atoms with Crippen molar-refractivity contribution in [2.24, 2.45) is 0 Å². The molecule has 0 atom stereocenters. The molecular weight excluding hydrogens is 647 g/mol. The second-order valence-corrected chi connectivity index (χ2v) is 14.5. The van der Waals surface area contributed by atoms with Crippen LogP contribution in [0.25, 0.3) is 96.8 Å². The molecule has 0 unspecified atom stereocenters. The number of hydrogen-bond acceptors (Lipinski definition) is 5. The van der Waals surface area contributed by atoms with Crippen LogP contribution in [0.2, 0.25) is 0 Å². The zero-order chi connectivity index (χ0) is 33.0. The number of benzene rings is 7. The summed E-state index contributed by atoms with van der Waals surface area (Å²) >= 11 is 3.71. The summed E-state index contributed by atoms with van der Waals surface area (Å²) in [6.45, 7) is 0. The number of aromatic nitrogens is 3. The average Bonchev–Trinajstić information content (AvgIpc) is 3.76. The maximum absolute atomic E-state index is 4.97. The molecule has 0 N–H and O–H groups in total. The van der Waals surface area contributed by atoms with Gasteiger partial charge in [0.2, 0.25) is 0 Å². The highest BCUT2D eigenvalue weighted by atomic mass is 32.1. The monoisotopic (exact) mass is 673 g/mol. The molecule has 3 nitrogen and oxygen atoms in total. The second-order valence-electron chi connectivity index (χ2n) is 12.4. The Kier molecular flexibility index (Phi) is 6.86. The molecule has 0 saturated carbocycles. The SMILES string of the molecule is c1ccc(-c2nc(-c3ccccc3)nc(-c3ccc4c(c3)sc3cc(-c5ccc(-c6ccccc6)c6sc7ccccc7c56)ccc34)n2)cc1. The summed E-state index contributed by atoms with van der Waals surface area (Å²) in [6.07, 6.45) is 0. The van der Waals surface area contributed by atoms with E-state index in [2.05, 4.69) is 103 Å². The quantitative estimate of drug-likeness (QED) is 0.182. The van der Waals surface area contributed by atoms with E-state index < -0.39 is 0 Å². The first-order chi connectivity index (χ1) is 24.8. The Balaban J connectivity index is 1.11.